The van der Waals surface area contributed by atoms with Crippen LogP contribution in [0.2, 0.25) is 0 Å². The highest BCUT2D eigenvalue weighted by molar-refractivity contribution is 5.75. The summed E-state index contributed by atoms with van der Waals surface area (Å²) in [6.45, 7) is 4.99. The maximum atomic E-state index is 12.0. The molecule has 0 spiro atoms. The van der Waals surface area contributed by atoms with Gasteiger partial charge >= 0.3 is 29.8 Å². The Morgan fingerprint density at radius 2 is 1.32 bits per heavy atom. The molecule has 12 nitrogen and oxygen atoms in total. The third-order valence-electron chi connectivity index (χ3n) is 4.33. The number of para-hydroxylation sites is 2. The normalized spacial score (nSPS) is 14.3. The molecule has 0 bridgehead atoms. The van der Waals surface area contributed by atoms with Crippen molar-refractivity contribution in [2.45, 2.75) is 59.0 Å². The summed E-state index contributed by atoms with van der Waals surface area (Å²) < 4.78 is 26.4. The third kappa shape index (κ3) is 7.57. The van der Waals surface area contributed by atoms with Gasteiger partial charge in [-0.3, -0.25) is 24.0 Å². The summed E-state index contributed by atoms with van der Waals surface area (Å²) in [4.78, 5) is 66.5. The van der Waals surface area contributed by atoms with Crippen LogP contribution in [0, 0.1) is 0 Å². The Bertz CT molecular complexity index is 1030. The van der Waals surface area contributed by atoms with Crippen LogP contribution in [0.5, 0.6) is 0 Å². The molecule has 0 radical (unpaired) electrons. The van der Waals surface area contributed by atoms with E-state index in [4.69, 9.17) is 23.7 Å². The number of hydrogen-bond acceptors (Lipinski definition) is 11. The second kappa shape index (κ2) is 11.8. The van der Waals surface area contributed by atoms with Gasteiger partial charge in [-0.15, -0.1) is 0 Å². The van der Waals surface area contributed by atoms with Crippen LogP contribution in [0.25, 0.3) is 11.0 Å². The Morgan fingerprint density at radius 1 is 0.765 bits per heavy atom. The number of carbonyl (C=O) groups excluding carboxylic acids is 5. The van der Waals surface area contributed by atoms with E-state index in [1.165, 1.54) is 0 Å². The van der Waals surface area contributed by atoms with Crippen LogP contribution in [-0.2, 0) is 47.7 Å². The first kappa shape index (κ1) is 26.3. The average Bonchev–Trinajstić information content (AvgIpc) is 3.15. The molecule has 0 amide bonds. The quantitative estimate of drug-likeness (QED) is 0.389. The molecule has 2 rings (SSSR count). The molecule has 1 aromatic carbocycles. The number of benzene rings is 1. The number of esters is 5. The van der Waals surface area contributed by atoms with Gasteiger partial charge in [-0.25, -0.2) is 4.98 Å². The summed E-state index contributed by atoms with van der Waals surface area (Å²) in [6.07, 6.45) is -5.89. The molecule has 0 saturated carbocycles. The lowest BCUT2D eigenvalue weighted by molar-refractivity contribution is -0.204. The van der Waals surface area contributed by atoms with Gasteiger partial charge < -0.3 is 28.7 Å². The number of carbonyl (C=O) groups is 5. The minimum atomic E-state index is -1.54. The molecule has 184 valence electrons. The molecule has 0 aliphatic heterocycles. The summed E-state index contributed by atoms with van der Waals surface area (Å²) in [6, 6.07) is 6.93. The smallest absolute Gasteiger partial charge is 0.303 e. The Hall–Kier alpha value is -3.96. The van der Waals surface area contributed by atoms with Crippen LogP contribution < -0.4 is 0 Å². The number of imidazole rings is 1. The highest BCUT2D eigenvalue weighted by atomic mass is 16.6. The van der Waals surface area contributed by atoms with Gasteiger partial charge in [-0.05, 0) is 12.1 Å². The minimum absolute atomic E-state index is 0.0777. The zero-order valence-electron chi connectivity index (χ0n) is 19.4. The largest absolute Gasteiger partial charge is 0.462 e. The van der Waals surface area contributed by atoms with E-state index in [9.17, 15) is 24.0 Å². The Balaban J connectivity index is 2.62. The molecule has 0 fully saturated rings. The fraction of sp³-hybridized carbons (Fsp3) is 0.455. The first-order chi connectivity index (χ1) is 16.0. The lowest BCUT2D eigenvalue weighted by Gasteiger charge is -2.34. The van der Waals surface area contributed by atoms with E-state index in [1.54, 1.807) is 24.3 Å². The molecule has 1 N–H and O–H groups in total. The maximum absolute atomic E-state index is 12.0. The van der Waals surface area contributed by atoms with E-state index in [0.29, 0.717) is 11.0 Å². The van der Waals surface area contributed by atoms with Gasteiger partial charge in [-0.2, -0.15) is 0 Å². The van der Waals surface area contributed by atoms with Gasteiger partial charge in [-0.1, -0.05) is 12.1 Å². The number of aromatic nitrogens is 2. The lowest BCUT2D eigenvalue weighted by atomic mass is 10.0. The van der Waals surface area contributed by atoms with Gasteiger partial charge in [0.15, 0.2) is 30.2 Å². The summed E-state index contributed by atoms with van der Waals surface area (Å²) >= 11 is 0. The third-order valence-corrected chi connectivity index (χ3v) is 4.33. The van der Waals surface area contributed by atoms with Crippen molar-refractivity contribution in [1.82, 2.24) is 9.97 Å². The van der Waals surface area contributed by atoms with Gasteiger partial charge in [0, 0.05) is 34.6 Å². The molecule has 0 aliphatic rings. The summed E-state index contributed by atoms with van der Waals surface area (Å²) in [5.74, 6) is -3.81. The van der Waals surface area contributed by atoms with E-state index in [1.807, 2.05) is 0 Å². The van der Waals surface area contributed by atoms with Crippen molar-refractivity contribution in [2.24, 2.45) is 0 Å². The fourth-order valence-electron chi connectivity index (χ4n) is 3.21. The molecule has 4 atom stereocenters. The van der Waals surface area contributed by atoms with E-state index in [-0.39, 0.29) is 5.82 Å². The van der Waals surface area contributed by atoms with Crippen LogP contribution in [0.1, 0.15) is 46.5 Å². The van der Waals surface area contributed by atoms with Crippen molar-refractivity contribution in [3.05, 3.63) is 30.1 Å². The molecular weight excluding hydrogens is 452 g/mol. The number of rotatable bonds is 10. The van der Waals surface area contributed by atoms with E-state index >= 15 is 0 Å². The SMILES string of the molecule is CC(=O)OC[C@@H](OC(C)=O)[C@@H](OC(C)=O)[C@H](OC(C)=O)[C@@H](OC(C)=O)c1nc2ccccc2[nH]1. The highest BCUT2D eigenvalue weighted by Gasteiger charge is 2.45. The number of nitrogens with zero attached hydrogens (tertiary/aromatic N) is 1. The number of hydrogen-bond donors (Lipinski definition) is 1. The lowest BCUT2D eigenvalue weighted by Crippen LogP contribution is -2.50. The average molecular weight is 478 g/mol. The predicted octanol–water partition coefficient (Wildman–Crippen LogP) is 1.53. The molecule has 0 unspecified atom stereocenters. The first-order valence-corrected chi connectivity index (χ1v) is 10.2. The van der Waals surface area contributed by atoms with E-state index < -0.39 is 60.9 Å². The number of fused-ring (bicyclic) bond motifs is 1. The summed E-state index contributed by atoms with van der Waals surface area (Å²) in [7, 11) is 0. The van der Waals surface area contributed by atoms with Crippen molar-refractivity contribution in [2.75, 3.05) is 6.61 Å². The molecule has 34 heavy (non-hydrogen) atoms. The summed E-state index contributed by atoms with van der Waals surface area (Å²) in [5.41, 5.74) is 1.12. The predicted molar refractivity (Wildman–Crippen MR) is 114 cm³/mol. The van der Waals surface area contributed by atoms with E-state index in [2.05, 4.69) is 9.97 Å². The monoisotopic (exact) mass is 478 g/mol. The van der Waals surface area contributed by atoms with Crippen LogP contribution in [0.3, 0.4) is 0 Å². The van der Waals surface area contributed by atoms with Gasteiger partial charge in [0.25, 0.3) is 0 Å². The van der Waals surface area contributed by atoms with Crippen LogP contribution >= 0.6 is 0 Å². The number of ether oxygens (including phenoxy) is 5. The van der Waals surface area contributed by atoms with E-state index in [0.717, 1.165) is 34.6 Å². The second-order valence-corrected chi connectivity index (χ2v) is 7.27. The number of H-pyrrole nitrogens is 1. The van der Waals surface area contributed by atoms with Crippen LogP contribution in [0.15, 0.2) is 24.3 Å². The molecule has 0 saturated heterocycles. The Labute approximate surface area is 194 Å². The van der Waals surface area contributed by atoms with Gasteiger partial charge in [0.2, 0.25) is 0 Å². The number of aromatic amines is 1. The van der Waals surface area contributed by atoms with Gasteiger partial charge in [0.1, 0.15) is 6.61 Å². The molecule has 2 aromatic rings. The van der Waals surface area contributed by atoms with Crippen molar-refractivity contribution in [1.29, 1.82) is 0 Å². The van der Waals surface area contributed by atoms with Crippen molar-refractivity contribution >= 4 is 40.9 Å². The molecule has 1 heterocycles. The fourth-order valence-corrected chi connectivity index (χ4v) is 3.21. The highest BCUT2D eigenvalue weighted by Crippen LogP contribution is 2.30. The van der Waals surface area contributed by atoms with Crippen LogP contribution in [-0.4, -0.2) is 64.7 Å². The molecular formula is C22H26N2O10. The Kier molecular flexibility index (Phi) is 9.10. The molecule has 1 aromatic heterocycles. The van der Waals surface area contributed by atoms with Crippen molar-refractivity contribution < 1.29 is 47.7 Å². The molecule has 0 aliphatic carbocycles. The topological polar surface area (TPSA) is 160 Å². The number of nitrogens with one attached hydrogen (secondary N) is 1. The first-order valence-electron chi connectivity index (χ1n) is 10.2. The van der Waals surface area contributed by atoms with Crippen LogP contribution in [0.4, 0.5) is 0 Å². The minimum Gasteiger partial charge on any atom is -0.462 e. The zero-order chi connectivity index (χ0) is 25.4. The maximum Gasteiger partial charge on any atom is 0.303 e. The zero-order valence-corrected chi connectivity index (χ0v) is 19.4. The molecule has 12 heteroatoms. The van der Waals surface area contributed by atoms with Gasteiger partial charge in [0.05, 0.1) is 11.0 Å². The standard InChI is InChI=1S/C22H26N2O10/c1-11(25)30-10-18(31-12(2)26)19(32-13(3)27)20(33-14(4)28)21(34-15(5)29)22-23-16-8-6-7-9-17(16)24-22/h6-9,18-21H,10H2,1-5H3,(H,23,24)/t18-,19-,20+,21-/m1/s1. The second-order valence-electron chi connectivity index (χ2n) is 7.27. The Morgan fingerprint density at radius 3 is 1.85 bits per heavy atom. The summed E-state index contributed by atoms with van der Waals surface area (Å²) in [5, 5.41) is 0. The van der Waals surface area contributed by atoms with Crippen molar-refractivity contribution in [3.8, 4) is 0 Å². The van der Waals surface area contributed by atoms with Crippen molar-refractivity contribution in [3.63, 3.8) is 0 Å².